The van der Waals surface area contributed by atoms with Crippen molar-refractivity contribution in [2.45, 2.75) is 12.7 Å². The minimum absolute atomic E-state index is 0.470. The molecule has 0 unspecified atom stereocenters. The Morgan fingerprint density at radius 1 is 1.33 bits per heavy atom. The van der Waals surface area contributed by atoms with E-state index in [4.69, 9.17) is 10.0 Å². The summed E-state index contributed by atoms with van der Waals surface area (Å²) in [5, 5.41) is 16.8. The van der Waals surface area contributed by atoms with E-state index in [9.17, 15) is 0 Å². The molecule has 0 atom stereocenters. The SMILES string of the molecule is CN(C)CCCB(O)O. The lowest BCUT2D eigenvalue weighted by Gasteiger charge is -2.07. The average molecular weight is 131 g/mol. The van der Waals surface area contributed by atoms with Crippen LogP contribution in [0.2, 0.25) is 6.32 Å². The molecular formula is C5H14BNO2. The second kappa shape index (κ2) is 4.79. The van der Waals surface area contributed by atoms with Gasteiger partial charge in [-0.15, -0.1) is 0 Å². The van der Waals surface area contributed by atoms with Gasteiger partial charge in [0, 0.05) is 0 Å². The van der Waals surface area contributed by atoms with Gasteiger partial charge in [0.15, 0.2) is 0 Å². The number of rotatable bonds is 4. The molecule has 0 amide bonds. The minimum atomic E-state index is -1.13. The average Bonchev–Trinajstić information content (AvgIpc) is 1.63. The lowest BCUT2D eigenvalue weighted by Crippen LogP contribution is -2.17. The van der Waals surface area contributed by atoms with Crippen LogP contribution in [0.5, 0.6) is 0 Å². The molecule has 54 valence electrons. The Balaban J connectivity index is 2.91. The molecule has 0 aliphatic carbocycles. The molecule has 0 saturated carbocycles. The first-order valence-corrected chi connectivity index (χ1v) is 3.14. The molecule has 0 bridgehead atoms. The Labute approximate surface area is 56.4 Å². The van der Waals surface area contributed by atoms with Gasteiger partial charge in [0.2, 0.25) is 0 Å². The van der Waals surface area contributed by atoms with Crippen LogP contribution < -0.4 is 0 Å². The lowest BCUT2D eigenvalue weighted by atomic mass is 9.84. The Hall–Kier alpha value is -0.0551. The molecule has 0 radical (unpaired) electrons. The first-order chi connectivity index (χ1) is 4.13. The van der Waals surface area contributed by atoms with Crippen molar-refractivity contribution >= 4 is 7.12 Å². The van der Waals surface area contributed by atoms with E-state index in [1.165, 1.54) is 0 Å². The fourth-order valence-electron chi connectivity index (χ4n) is 0.590. The van der Waals surface area contributed by atoms with Gasteiger partial charge in [0.25, 0.3) is 0 Å². The van der Waals surface area contributed by atoms with Gasteiger partial charge < -0.3 is 14.9 Å². The highest BCUT2D eigenvalue weighted by molar-refractivity contribution is 6.40. The fraction of sp³-hybridized carbons (Fsp3) is 1.00. The zero-order valence-corrected chi connectivity index (χ0v) is 6.04. The van der Waals surface area contributed by atoms with E-state index in [0.717, 1.165) is 13.0 Å². The second-order valence-corrected chi connectivity index (χ2v) is 2.43. The van der Waals surface area contributed by atoms with Gasteiger partial charge in [-0.2, -0.15) is 0 Å². The van der Waals surface area contributed by atoms with E-state index >= 15 is 0 Å². The quantitative estimate of drug-likeness (QED) is 0.501. The van der Waals surface area contributed by atoms with E-state index in [1.807, 2.05) is 19.0 Å². The summed E-state index contributed by atoms with van der Waals surface area (Å²) in [4.78, 5) is 2.02. The summed E-state index contributed by atoms with van der Waals surface area (Å²) < 4.78 is 0. The topological polar surface area (TPSA) is 43.7 Å². The summed E-state index contributed by atoms with van der Waals surface area (Å²) in [7, 11) is 2.79. The maximum Gasteiger partial charge on any atom is 0.451 e. The largest absolute Gasteiger partial charge is 0.451 e. The summed E-state index contributed by atoms with van der Waals surface area (Å²) in [5.74, 6) is 0. The van der Waals surface area contributed by atoms with Crippen LogP contribution in [0, 0.1) is 0 Å². The highest BCUT2D eigenvalue weighted by atomic mass is 16.4. The van der Waals surface area contributed by atoms with E-state index in [2.05, 4.69) is 0 Å². The van der Waals surface area contributed by atoms with Gasteiger partial charge >= 0.3 is 7.12 Å². The highest BCUT2D eigenvalue weighted by Crippen LogP contribution is 1.92. The monoisotopic (exact) mass is 131 g/mol. The van der Waals surface area contributed by atoms with Crippen molar-refractivity contribution in [1.82, 2.24) is 4.90 Å². The van der Waals surface area contributed by atoms with Crippen LogP contribution in [-0.2, 0) is 0 Å². The molecule has 0 aromatic rings. The van der Waals surface area contributed by atoms with Crippen molar-refractivity contribution in [1.29, 1.82) is 0 Å². The molecule has 0 fully saturated rings. The van der Waals surface area contributed by atoms with Crippen LogP contribution in [0.1, 0.15) is 6.42 Å². The number of nitrogens with zero attached hydrogens (tertiary/aromatic N) is 1. The lowest BCUT2D eigenvalue weighted by molar-refractivity contribution is 0.378. The minimum Gasteiger partial charge on any atom is -0.427 e. The molecular weight excluding hydrogens is 117 g/mol. The Bertz CT molecular complexity index is 60.0. The third-order valence-corrected chi connectivity index (χ3v) is 1.07. The van der Waals surface area contributed by atoms with Crippen molar-refractivity contribution in [3.8, 4) is 0 Å². The highest BCUT2D eigenvalue weighted by Gasteiger charge is 2.04. The molecule has 0 aromatic heterocycles. The Kier molecular flexibility index (Phi) is 4.76. The molecule has 0 aromatic carbocycles. The van der Waals surface area contributed by atoms with Crippen molar-refractivity contribution < 1.29 is 10.0 Å². The normalized spacial score (nSPS) is 10.3. The summed E-state index contributed by atoms with van der Waals surface area (Å²) in [6.07, 6.45) is 1.31. The Morgan fingerprint density at radius 3 is 2.22 bits per heavy atom. The third-order valence-electron chi connectivity index (χ3n) is 1.07. The van der Waals surface area contributed by atoms with Gasteiger partial charge in [-0.05, 0) is 33.4 Å². The summed E-state index contributed by atoms with van der Waals surface area (Å²) >= 11 is 0. The molecule has 3 nitrogen and oxygen atoms in total. The van der Waals surface area contributed by atoms with Crippen molar-refractivity contribution in [3.63, 3.8) is 0 Å². The molecule has 9 heavy (non-hydrogen) atoms. The van der Waals surface area contributed by atoms with Crippen LogP contribution in [0.4, 0.5) is 0 Å². The van der Waals surface area contributed by atoms with Crippen LogP contribution in [0.25, 0.3) is 0 Å². The predicted octanol–water partition coefficient (Wildman–Crippen LogP) is -0.589. The third kappa shape index (κ3) is 7.94. The van der Waals surface area contributed by atoms with Crippen molar-refractivity contribution in [3.05, 3.63) is 0 Å². The van der Waals surface area contributed by atoms with Crippen molar-refractivity contribution in [2.24, 2.45) is 0 Å². The molecule has 0 rings (SSSR count). The number of hydrogen-bond acceptors (Lipinski definition) is 3. The van der Waals surface area contributed by atoms with Gasteiger partial charge in [-0.25, -0.2) is 0 Å². The first kappa shape index (κ1) is 8.94. The van der Waals surface area contributed by atoms with Gasteiger partial charge in [0.1, 0.15) is 0 Å². The standard InChI is InChI=1S/C5H14BNO2/c1-7(2)5-3-4-6(8)9/h8-9H,3-5H2,1-2H3. The molecule has 0 heterocycles. The van der Waals surface area contributed by atoms with Gasteiger partial charge in [-0.1, -0.05) is 0 Å². The predicted molar refractivity (Wildman–Crippen MR) is 38.2 cm³/mol. The van der Waals surface area contributed by atoms with Crippen molar-refractivity contribution in [2.75, 3.05) is 20.6 Å². The zero-order valence-electron chi connectivity index (χ0n) is 6.04. The van der Waals surface area contributed by atoms with E-state index in [0.29, 0.717) is 6.32 Å². The smallest absolute Gasteiger partial charge is 0.427 e. The summed E-state index contributed by atoms with van der Waals surface area (Å²) in [5.41, 5.74) is 0. The molecule has 0 saturated heterocycles. The zero-order chi connectivity index (χ0) is 7.28. The molecule has 0 aliphatic heterocycles. The van der Waals surface area contributed by atoms with Crippen LogP contribution in [0.15, 0.2) is 0 Å². The summed E-state index contributed by atoms with van der Waals surface area (Å²) in [6.45, 7) is 0.914. The maximum atomic E-state index is 8.40. The second-order valence-electron chi connectivity index (χ2n) is 2.43. The number of hydrogen-bond donors (Lipinski definition) is 2. The van der Waals surface area contributed by atoms with E-state index < -0.39 is 7.12 Å². The first-order valence-electron chi connectivity index (χ1n) is 3.14. The maximum absolute atomic E-state index is 8.40. The molecule has 4 heteroatoms. The van der Waals surface area contributed by atoms with Gasteiger partial charge in [-0.3, -0.25) is 0 Å². The molecule has 0 spiro atoms. The van der Waals surface area contributed by atoms with Crippen LogP contribution >= 0.6 is 0 Å². The van der Waals surface area contributed by atoms with E-state index in [1.54, 1.807) is 0 Å². The fourth-order valence-corrected chi connectivity index (χ4v) is 0.590. The van der Waals surface area contributed by atoms with Crippen LogP contribution in [0.3, 0.4) is 0 Å². The van der Waals surface area contributed by atoms with E-state index in [-0.39, 0.29) is 0 Å². The van der Waals surface area contributed by atoms with Gasteiger partial charge in [0.05, 0.1) is 0 Å². The van der Waals surface area contributed by atoms with Crippen LogP contribution in [-0.4, -0.2) is 42.7 Å². The summed E-state index contributed by atoms with van der Waals surface area (Å²) in [6, 6.07) is 0. The molecule has 0 aliphatic rings. The molecule has 2 N–H and O–H groups in total. The Morgan fingerprint density at radius 2 is 1.89 bits per heavy atom.